The quantitative estimate of drug-likeness (QED) is 0.328. The van der Waals surface area contributed by atoms with Crippen molar-refractivity contribution in [3.8, 4) is 6.07 Å². The van der Waals surface area contributed by atoms with E-state index >= 15 is 0 Å². The summed E-state index contributed by atoms with van der Waals surface area (Å²) >= 11 is 6.68. The average molecular weight is 500 g/mol. The highest BCUT2D eigenvalue weighted by atomic mass is 35.5. The van der Waals surface area contributed by atoms with Gasteiger partial charge in [-0.25, -0.2) is 9.07 Å². The van der Waals surface area contributed by atoms with Gasteiger partial charge in [0.15, 0.2) is 0 Å². The second-order valence-corrected chi connectivity index (χ2v) is 9.57. The summed E-state index contributed by atoms with van der Waals surface area (Å²) < 4.78 is 15.7. The number of aromatic nitrogens is 4. The van der Waals surface area contributed by atoms with E-state index < -0.39 is 5.44 Å². The third-order valence-corrected chi connectivity index (χ3v) is 6.82. The summed E-state index contributed by atoms with van der Waals surface area (Å²) in [6, 6.07) is 12.6. The first-order valence-corrected chi connectivity index (χ1v) is 12.1. The number of rotatable bonds is 8. The van der Waals surface area contributed by atoms with Gasteiger partial charge in [0.25, 0.3) is 0 Å². The van der Waals surface area contributed by atoms with Crippen molar-refractivity contribution in [3.63, 3.8) is 0 Å². The lowest BCUT2D eigenvalue weighted by Gasteiger charge is -2.31. The number of fused-ring (bicyclic) bond motifs is 1. The largest absolute Gasteiger partial charge is 0.378 e. The van der Waals surface area contributed by atoms with Crippen LogP contribution in [0, 0.1) is 17.1 Å². The SMILES string of the molecule is BC(Nc1cc(Cl)c2ncc(C#N)c(NC(=C)CC)c2c1)(c1ccc(F)cc1)c1cn(C2CC2)nn1. The van der Waals surface area contributed by atoms with Gasteiger partial charge in [-0.3, -0.25) is 4.98 Å². The lowest BCUT2D eigenvalue weighted by atomic mass is 9.69. The van der Waals surface area contributed by atoms with E-state index in [4.69, 9.17) is 11.6 Å². The van der Waals surface area contributed by atoms with Crippen LogP contribution < -0.4 is 10.6 Å². The van der Waals surface area contributed by atoms with Gasteiger partial charge in [0.05, 0.1) is 39.5 Å². The molecule has 5 rings (SSSR count). The first kappa shape index (κ1) is 23.8. The predicted molar refractivity (Wildman–Crippen MR) is 142 cm³/mol. The third kappa shape index (κ3) is 4.40. The van der Waals surface area contributed by atoms with Crippen LogP contribution in [0.15, 0.2) is 61.1 Å². The van der Waals surface area contributed by atoms with Crippen LogP contribution in [0.25, 0.3) is 10.9 Å². The summed E-state index contributed by atoms with van der Waals surface area (Å²) in [5, 5.41) is 26.4. The molecule has 7 nitrogen and oxygen atoms in total. The highest BCUT2D eigenvalue weighted by Crippen LogP contribution is 2.38. The number of benzene rings is 2. The van der Waals surface area contributed by atoms with E-state index in [1.54, 1.807) is 18.2 Å². The minimum atomic E-state index is -0.848. The fraction of sp³-hybridized carbons (Fsp3) is 0.231. The van der Waals surface area contributed by atoms with E-state index in [1.807, 2.05) is 31.7 Å². The number of nitrogens with one attached hydrogen (secondary N) is 2. The standard InChI is InChI=1S/C26H24BClFN7/c1-3-15(2)32-24-16(12-30)13-31-25-21(24)10-19(11-22(25)28)33-26(27,17-4-6-18(29)7-5-17)23-14-36(35-34-23)20-8-9-20/h4-7,10-11,13-14,20,33H,2-3,8-9,27H2,1H3,(H,31,32). The van der Waals surface area contributed by atoms with Crippen LogP contribution >= 0.6 is 11.6 Å². The highest BCUT2D eigenvalue weighted by molar-refractivity contribution is 6.36. The van der Waals surface area contributed by atoms with Gasteiger partial charge in [-0.15, -0.1) is 5.10 Å². The predicted octanol–water partition coefficient (Wildman–Crippen LogP) is 5.11. The molecule has 1 atom stereocenters. The molecule has 0 amide bonds. The molecule has 2 aromatic heterocycles. The fourth-order valence-electron chi connectivity index (χ4n) is 4.20. The molecule has 10 heteroatoms. The van der Waals surface area contributed by atoms with Gasteiger partial charge >= 0.3 is 0 Å². The normalized spacial score (nSPS) is 14.7. The average Bonchev–Trinajstić information content (AvgIpc) is 3.60. The van der Waals surface area contributed by atoms with Gasteiger partial charge < -0.3 is 10.6 Å². The molecule has 1 saturated carbocycles. The Morgan fingerprint density at radius 2 is 2.08 bits per heavy atom. The van der Waals surface area contributed by atoms with Gasteiger partial charge in [-0.2, -0.15) is 5.26 Å². The van der Waals surface area contributed by atoms with E-state index in [0.29, 0.717) is 51.0 Å². The smallest absolute Gasteiger partial charge is 0.148 e. The molecule has 2 aromatic carbocycles. The highest BCUT2D eigenvalue weighted by Gasteiger charge is 2.34. The zero-order chi connectivity index (χ0) is 25.4. The molecule has 0 bridgehead atoms. The molecule has 1 fully saturated rings. The number of anilines is 2. The van der Waals surface area contributed by atoms with Crippen LogP contribution in [0.3, 0.4) is 0 Å². The third-order valence-electron chi connectivity index (χ3n) is 6.53. The van der Waals surface area contributed by atoms with Crippen LogP contribution in [0.1, 0.15) is 49.0 Å². The maximum absolute atomic E-state index is 13.8. The van der Waals surface area contributed by atoms with Crippen LogP contribution in [0.5, 0.6) is 0 Å². The molecule has 1 aliphatic rings. The molecule has 1 unspecified atom stereocenters. The van der Waals surface area contributed by atoms with Crippen molar-refractivity contribution >= 4 is 41.7 Å². The number of allylic oxidation sites excluding steroid dienone is 1. The van der Waals surface area contributed by atoms with E-state index in [-0.39, 0.29) is 5.82 Å². The van der Waals surface area contributed by atoms with Gasteiger partial charge in [-0.05, 0) is 49.1 Å². The van der Waals surface area contributed by atoms with Crippen molar-refractivity contribution in [2.24, 2.45) is 0 Å². The molecule has 0 radical (unpaired) electrons. The fourth-order valence-corrected chi connectivity index (χ4v) is 4.46. The van der Waals surface area contributed by atoms with Gasteiger partial charge in [0, 0.05) is 23.0 Å². The van der Waals surface area contributed by atoms with Crippen LogP contribution in [-0.2, 0) is 5.44 Å². The van der Waals surface area contributed by atoms with Crippen molar-refractivity contribution in [2.45, 2.75) is 37.7 Å². The molecule has 2 heterocycles. The molecule has 0 spiro atoms. The zero-order valence-corrected chi connectivity index (χ0v) is 20.8. The van der Waals surface area contributed by atoms with Crippen LogP contribution in [-0.4, -0.2) is 27.8 Å². The number of hydrogen-bond donors (Lipinski definition) is 2. The Morgan fingerprint density at radius 3 is 2.75 bits per heavy atom. The van der Waals surface area contributed by atoms with E-state index in [9.17, 15) is 9.65 Å². The summed E-state index contributed by atoms with van der Waals surface area (Å²) in [7, 11) is 1.97. The molecule has 4 aromatic rings. The van der Waals surface area contributed by atoms with Crippen molar-refractivity contribution in [1.29, 1.82) is 5.26 Å². The Hall–Kier alpha value is -3.90. The van der Waals surface area contributed by atoms with Gasteiger partial charge in [-0.1, -0.05) is 42.4 Å². The Bertz CT molecular complexity index is 1510. The molecular formula is C26H24BClFN7. The zero-order valence-electron chi connectivity index (χ0n) is 20.0. The van der Waals surface area contributed by atoms with Crippen molar-refractivity contribution in [2.75, 3.05) is 10.6 Å². The van der Waals surface area contributed by atoms with Crippen molar-refractivity contribution in [3.05, 3.63) is 88.7 Å². The minimum Gasteiger partial charge on any atom is -0.378 e. The molecule has 2 N–H and O–H groups in total. The summed E-state index contributed by atoms with van der Waals surface area (Å²) in [5.41, 5.74) is 3.66. The molecule has 36 heavy (non-hydrogen) atoms. The number of nitrogens with zero attached hydrogens (tertiary/aromatic N) is 5. The van der Waals surface area contributed by atoms with Gasteiger partial charge in [0.2, 0.25) is 0 Å². The van der Waals surface area contributed by atoms with Gasteiger partial charge in [0.1, 0.15) is 25.4 Å². The first-order valence-electron chi connectivity index (χ1n) is 11.8. The summed E-state index contributed by atoms with van der Waals surface area (Å²) in [4.78, 5) is 4.42. The van der Waals surface area contributed by atoms with E-state index in [1.165, 1.54) is 18.3 Å². The van der Waals surface area contributed by atoms with Crippen molar-refractivity contribution < 1.29 is 4.39 Å². The Labute approximate surface area is 214 Å². The lowest BCUT2D eigenvalue weighted by Crippen LogP contribution is -2.37. The molecule has 0 saturated heterocycles. The van der Waals surface area contributed by atoms with Crippen molar-refractivity contribution in [1.82, 2.24) is 20.0 Å². The first-order chi connectivity index (χ1) is 17.3. The Morgan fingerprint density at radius 1 is 1.33 bits per heavy atom. The van der Waals surface area contributed by atoms with Crippen LogP contribution in [0.2, 0.25) is 5.02 Å². The second kappa shape index (κ2) is 9.28. The van der Waals surface area contributed by atoms with E-state index in [0.717, 1.165) is 24.1 Å². The van der Waals surface area contributed by atoms with Crippen LogP contribution in [0.4, 0.5) is 15.8 Å². The summed E-state index contributed by atoms with van der Waals surface area (Å²) in [6.45, 7) is 6.01. The topological polar surface area (TPSA) is 91.5 Å². The van der Waals surface area contributed by atoms with E-state index in [2.05, 4.69) is 38.6 Å². The Balaban J connectivity index is 1.64. The number of nitriles is 1. The molecule has 180 valence electrons. The second-order valence-electron chi connectivity index (χ2n) is 9.17. The molecule has 1 aliphatic carbocycles. The molecular weight excluding hydrogens is 476 g/mol. The summed E-state index contributed by atoms with van der Waals surface area (Å²) in [5.74, 6) is -0.321. The lowest BCUT2D eigenvalue weighted by molar-refractivity contribution is 0.610. The monoisotopic (exact) mass is 499 g/mol. The maximum Gasteiger partial charge on any atom is 0.148 e. The summed E-state index contributed by atoms with van der Waals surface area (Å²) in [6.07, 6.45) is 6.29. The minimum absolute atomic E-state index is 0.321. The number of halogens is 2. The number of hydrogen-bond acceptors (Lipinski definition) is 6. The Kier molecular flexibility index (Phi) is 6.14. The maximum atomic E-state index is 13.8. The molecule has 0 aliphatic heterocycles. The number of pyridine rings is 1.